The van der Waals surface area contributed by atoms with Crippen molar-refractivity contribution in [2.75, 3.05) is 0 Å². The van der Waals surface area contributed by atoms with Gasteiger partial charge in [0.2, 0.25) is 0 Å². The first-order valence-corrected chi connectivity index (χ1v) is 8.13. The molecule has 1 saturated carbocycles. The molecule has 2 atom stereocenters. The SMILES string of the molecule is CC1(C)[C@H](/C=C(\Cl)C(F)(F)F)[C@@H]1C(=O)OCc1c(F)c(F)c(CF)c(F)c1F. The summed E-state index contributed by atoms with van der Waals surface area (Å²) in [4.78, 5) is 12.1. The molecule has 1 aromatic carbocycles. The molecule has 2 nitrogen and oxygen atoms in total. The van der Waals surface area contributed by atoms with Crippen molar-refractivity contribution in [1.29, 1.82) is 0 Å². The number of ether oxygens (including phenoxy) is 1. The number of esters is 1. The van der Waals surface area contributed by atoms with Gasteiger partial charge in [-0.3, -0.25) is 4.79 Å². The Morgan fingerprint density at radius 1 is 1.07 bits per heavy atom. The van der Waals surface area contributed by atoms with Crippen LogP contribution in [0.4, 0.5) is 35.1 Å². The highest BCUT2D eigenvalue weighted by molar-refractivity contribution is 6.30. The van der Waals surface area contributed by atoms with E-state index in [2.05, 4.69) is 4.74 Å². The number of allylic oxidation sites excluding steroid dienone is 2. The Morgan fingerprint density at radius 2 is 1.54 bits per heavy atom. The molecular weight excluding hydrogens is 424 g/mol. The number of hydrogen-bond donors (Lipinski definition) is 0. The number of alkyl halides is 4. The summed E-state index contributed by atoms with van der Waals surface area (Å²) in [6.45, 7) is -0.142. The van der Waals surface area contributed by atoms with Crippen LogP contribution in [0.15, 0.2) is 11.1 Å². The minimum absolute atomic E-state index is 0.629. The van der Waals surface area contributed by atoms with Gasteiger partial charge >= 0.3 is 12.1 Å². The van der Waals surface area contributed by atoms with Gasteiger partial charge in [0.05, 0.1) is 17.0 Å². The zero-order chi connectivity index (χ0) is 21.6. The molecule has 0 aliphatic heterocycles. The second-order valence-corrected chi connectivity index (χ2v) is 7.20. The summed E-state index contributed by atoms with van der Waals surface area (Å²) in [5.74, 6) is -11.0. The Balaban J connectivity index is 2.18. The molecule has 0 amide bonds. The third kappa shape index (κ3) is 3.97. The van der Waals surface area contributed by atoms with E-state index in [9.17, 15) is 39.9 Å². The van der Waals surface area contributed by atoms with Crippen LogP contribution in [-0.2, 0) is 22.8 Å². The maximum Gasteiger partial charge on any atom is 0.426 e. The van der Waals surface area contributed by atoms with Gasteiger partial charge in [0.25, 0.3) is 0 Å². The summed E-state index contributed by atoms with van der Waals surface area (Å²) in [5, 5.41) is -1.44. The van der Waals surface area contributed by atoms with Crippen molar-refractivity contribution < 1.29 is 44.7 Å². The first-order valence-electron chi connectivity index (χ1n) is 7.75. The van der Waals surface area contributed by atoms with E-state index < -0.39 is 82.1 Å². The van der Waals surface area contributed by atoms with E-state index >= 15 is 0 Å². The largest absolute Gasteiger partial charge is 0.460 e. The first-order chi connectivity index (χ1) is 12.7. The van der Waals surface area contributed by atoms with Crippen LogP contribution in [0.2, 0.25) is 0 Å². The van der Waals surface area contributed by atoms with Crippen molar-refractivity contribution >= 4 is 17.6 Å². The standard InChI is InChI=1S/C17H13ClF8O2/c1-16(2)8(3-9(18)17(24,25)26)10(16)15(27)28-5-7-13(22)11(20)6(4-19)12(21)14(7)23/h3,8,10H,4-5H2,1-2H3/b9-3-/t8-,10-/m1/s1. The predicted octanol–water partition coefficient (Wildman–Crippen LogP) is 5.71. The lowest BCUT2D eigenvalue weighted by Crippen LogP contribution is -2.14. The normalized spacial score (nSPS) is 21.6. The third-order valence-corrected chi connectivity index (χ3v) is 5.04. The number of carbonyl (C=O) groups is 1. The molecule has 156 valence electrons. The average molecular weight is 437 g/mol. The van der Waals surface area contributed by atoms with Crippen molar-refractivity contribution in [3.8, 4) is 0 Å². The van der Waals surface area contributed by atoms with Gasteiger partial charge in [0, 0.05) is 0 Å². The number of benzene rings is 1. The van der Waals surface area contributed by atoms with Gasteiger partial charge in [0.15, 0.2) is 23.3 Å². The highest BCUT2D eigenvalue weighted by Crippen LogP contribution is 2.60. The van der Waals surface area contributed by atoms with E-state index in [1.165, 1.54) is 13.8 Å². The molecule has 0 radical (unpaired) electrons. The number of halogens is 9. The Morgan fingerprint density at radius 3 is 1.96 bits per heavy atom. The maximum atomic E-state index is 13.8. The van der Waals surface area contributed by atoms with Crippen LogP contribution in [0.1, 0.15) is 25.0 Å². The van der Waals surface area contributed by atoms with Crippen LogP contribution in [0.3, 0.4) is 0 Å². The van der Waals surface area contributed by atoms with Crippen LogP contribution in [0.5, 0.6) is 0 Å². The lowest BCUT2D eigenvalue weighted by Gasteiger charge is -2.11. The van der Waals surface area contributed by atoms with Crippen LogP contribution in [0, 0.1) is 40.5 Å². The van der Waals surface area contributed by atoms with Gasteiger partial charge in [-0.1, -0.05) is 31.5 Å². The maximum absolute atomic E-state index is 13.8. The van der Waals surface area contributed by atoms with Gasteiger partial charge in [-0.25, -0.2) is 22.0 Å². The van der Waals surface area contributed by atoms with Crippen molar-refractivity contribution in [1.82, 2.24) is 0 Å². The molecule has 0 saturated heterocycles. The highest BCUT2D eigenvalue weighted by Gasteiger charge is 2.62. The average Bonchev–Trinajstić information content (AvgIpc) is 3.13. The van der Waals surface area contributed by atoms with Crippen LogP contribution >= 0.6 is 11.6 Å². The monoisotopic (exact) mass is 436 g/mol. The molecule has 1 fully saturated rings. The molecule has 0 unspecified atom stereocenters. The Hall–Kier alpha value is -1.84. The summed E-state index contributed by atoms with van der Waals surface area (Å²) < 4.78 is 109. The predicted molar refractivity (Wildman–Crippen MR) is 81.6 cm³/mol. The lowest BCUT2D eigenvalue weighted by atomic mass is 10.1. The van der Waals surface area contributed by atoms with Crippen molar-refractivity contribution in [3.63, 3.8) is 0 Å². The van der Waals surface area contributed by atoms with Gasteiger partial charge in [-0.15, -0.1) is 0 Å². The third-order valence-electron chi connectivity index (χ3n) is 4.70. The zero-order valence-corrected chi connectivity index (χ0v) is 15.1. The fourth-order valence-electron chi connectivity index (χ4n) is 2.89. The van der Waals surface area contributed by atoms with E-state index in [4.69, 9.17) is 11.6 Å². The van der Waals surface area contributed by atoms with Crippen LogP contribution in [0.25, 0.3) is 0 Å². The molecular formula is C17H13ClF8O2. The molecule has 1 aromatic rings. The van der Waals surface area contributed by atoms with Crippen LogP contribution in [-0.4, -0.2) is 12.1 Å². The minimum atomic E-state index is -4.81. The molecule has 1 aliphatic rings. The highest BCUT2D eigenvalue weighted by atomic mass is 35.5. The molecule has 0 aromatic heterocycles. The summed E-state index contributed by atoms with van der Waals surface area (Å²) >= 11 is 5.14. The van der Waals surface area contributed by atoms with Gasteiger partial charge in [-0.05, 0) is 11.3 Å². The fraction of sp³-hybridized carbons (Fsp3) is 0.471. The Labute approximate surface area is 159 Å². The summed E-state index contributed by atoms with van der Waals surface area (Å²) in [6, 6.07) is 0. The summed E-state index contributed by atoms with van der Waals surface area (Å²) in [6.07, 6.45) is -4.18. The molecule has 11 heteroatoms. The Bertz CT molecular complexity index is 802. The van der Waals surface area contributed by atoms with E-state index in [1.807, 2.05) is 0 Å². The smallest absolute Gasteiger partial charge is 0.426 e. The van der Waals surface area contributed by atoms with E-state index in [-0.39, 0.29) is 0 Å². The van der Waals surface area contributed by atoms with E-state index in [1.54, 1.807) is 0 Å². The molecule has 2 rings (SSSR count). The first kappa shape index (κ1) is 22.4. The molecule has 28 heavy (non-hydrogen) atoms. The number of rotatable bonds is 5. The fourth-order valence-corrected chi connectivity index (χ4v) is 3.03. The number of hydrogen-bond acceptors (Lipinski definition) is 2. The zero-order valence-electron chi connectivity index (χ0n) is 14.4. The minimum Gasteiger partial charge on any atom is -0.460 e. The van der Waals surface area contributed by atoms with E-state index in [0.717, 1.165) is 0 Å². The molecule has 1 aliphatic carbocycles. The number of carbonyl (C=O) groups excluding carboxylic acids is 1. The summed E-state index contributed by atoms with van der Waals surface area (Å²) in [7, 11) is 0. The quantitative estimate of drug-likeness (QED) is 0.335. The summed E-state index contributed by atoms with van der Waals surface area (Å²) in [5.41, 5.74) is -3.71. The van der Waals surface area contributed by atoms with Gasteiger partial charge in [-0.2, -0.15) is 13.2 Å². The molecule has 0 heterocycles. The molecule has 0 N–H and O–H groups in total. The van der Waals surface area contributed by atoms with Crippen LogP contribution < -0.4 is 0 Å². The second-order valence-electron chi connectivity index (χ2n) is 6.79. The Kier molecular flexibility index (Phi) is 6.04. The van der Waals surface area contributed by atoms with Gasteiger partial charge in [0.1, 0.15) is 18.3 Å². The second kappa shape index (κ2) is 7.53. The van der Waals surface area contributed by atoms with Crippen molar-refractivity contribution in [3.05, 3.63) is 45.5 Å². The lowest BCUT2D eigenvalue weighted by molar-refractivity contribution is -0.147. The van der Waals surface area contributed by atoms with E-state index in [0.29, 0.717) is 6.08 Å². The van der Waals surface area contributed by atoms with Crippen molar-refractivity contribution in [2.45, 2.75) is 33.3 Å². The topological polar surface area (TPSA) is 26.3 Å². The van der Waals surface area contributed by atoms with Gasteiger partial charge < -0.3 is 4.74 Å². The molecule has 0 bridgehead atoms. The van der Waals surface area contributed by atoms with Crippen molar-refractivity contribution in [2.24, 2.45) is 17.3 Å². The molecule has 0 spiro atoms.